The van der Waals surface area contributed by atoms with Gasteiger partial charge in [0.2, 0.25) is 0 Å². The second kappa shape index (κ2) is 5.96. The van der Waals surface area contributed by atoms with Gasteiger partial charge in [-0.1, -0.05) is 35.3 Å². The molecular formula is C17H14Cl2N2O2. The van der Waals surface area contributed by atoms with Crippen LogP contribution in [0.1, 0.15) is 29.3 Å². The zero-order valence-electron chi connectivity index (χ0n) is 12.3. The number of carbonyl (C=O) groups excluding carboxylic acids is 1. The van der Waals surface area contributed by atoms with Crippen molar-refractivity contribution in [2.45, 2.75) is 19.1 Å². The Bertz CT molecular complexity index is 768. The maximum atomic E-state index is 12.6. The van der Waals surface area contributed by atoms with Crippen LogP contribution in [0, 0.1) is 0 Å². The van der Waals surface area contributed by atoms with E-state index in [1.165, 1.54) is 0 Å². The summed E-state index contributed by atoms with van der Waals surface area (Å²) in [4.78, 5) is 12.6. The molecule has 0 unspecified atom stereocenters. The number of hydrogen-bond acceptors (Lipinski definition) is 3. The standard InChI is InChI=1S/C17H14Cl2N2O2/c1-17(23)10-15(11-2-6-13(18)7-3-11)20-21(17)16(22)12-4-8-14(19)9-5-12/h2-9,23H,10H2,1H3/t17-/m0/s1. The smallest absolute Gasteiger partial charge is 0.276 e. The summed E-state index contributed by atoms with van der Waals surface area (Å²) in [7, 11) is 0. The fourth-order valence-corrected chi connectivity index (χ4v) is 2.69. The number of amides is 1. The van der Waals surface area contributed by atoms with E-state index in [2.05, 4.69) is 5.10 Å². The molecule has 1 N–H and O–H groups in total. The lowest BCUT2D eigenvalue weighted by atomic mass is 10.0. The lowest BCUT2D eigenvalue weighted by molar-refractivity contribution is -0.0553. The normalized spacial score (nSPS) is 20.5. The van der Waals surface area contributed by atoms with Crippen LogP contribution >= 0.6 is 23.2 Å². The average molecular weight is 349 g/mol. The van der Waals surface area contributed by atoms with E-state index in [9.17, 15) is 9.90 Å². The molecule has 23 heavy (non-hydrogen) atoms. The van der Waals surface area contributed by atoms with Crippen molar-refractivity contribution in [3.8, 4) is 0 Å². The van der Waals surface area contributed by atoms with Crippen molar-refractivity contribution in [3.05, 3.63) is 69.7 Å². The van der Waals surface area contributed by atoms with Crippen LogP contribution in [0.2, 0.25) is 10.0 Å². The first kappa shape index (κ1) is 16.0. The molecule has 0 aliphatic carbocycles. The summed E-state index contributed by atoms with van der Waals surface area (Å²) in [5.41, 5.74) is 0.483. The Labute approximate surface area is 143 Å². The summed E-state index contributed by atoms with van der Waals surface area (Å²) in [5, 5.41) is 17.2. The molecule has 4 nitrogen and oxygen atoms in total. The summed E-state index contributed by atoms with van der Waals surface area (Å²) >= 11 is 11.7. The van der Waals surface area contributed by atoms with Crippen LogP contribution in [0.25, 0.3) is 0 Å². The summed E-state index contributed by atoms with van der Waals surface area (Å²) in [6, 6.07) is 13.6. The van der Waals surface area contributed by atoms with Crippen LogP contribution < -0.4 is 0 Å². The summed E-state index contributed by atoms with van der Waals surface area (Å²) in [6.45, 7) is 1.56. The summed E-state index contributed by atoms with van der Waals surface area (Å²) < 4.78 is 0. The third-order valence-electron chi connectivity index (χ3n) is 3.64. The Kier molecular flexibility index (Phi) is 4.15. The Hall–Kier alpha value is -1.88. The molecule has 0 saturated heterocycles. The van der Waals surface area contributed by atoms with Crippen molar-refractivity contribution in [3.63, 3.8) is 0 Å². The SMILES string of the molecule is C[C@]1(O)CC(c2ccc(Cl)cc2)=NN1C(=O)c1ccc(Cl)cc1. The van der Waals surface area contributed by atoms with Gasteiger partial charge < -0.3 is 5.11 Å². The number of carbonyl (C=O) groups is 1. The topological polar surface area (TPSA) is 52.9 Å². The predicted octanol–water partition coefficient (Wildman–Crippen LogP) is 3.95. The lowest BCUT2D eigenvalue weighted by Gasteiger charge is -2.26. The van der Waals surface area contributed by atoms with Crippen molar-refractivity contribution < 1.29 is 9.90 Å². The molecule has 1 heterocycles. The molecule has 0 radical (unpaired) electrons. The van der Waals surface area contributed by atoms with Gasteiger partial charge in [0.05, 0.1) is 5.71 Å². The van der Waals surface area contributed by atoms with Crippen LogP contribution in [0.4, 0.5) is 0 Å². The summed E-state index contributed by atoms with van der Waals surface area (Å²) in [5.74, 6) is -0.379. The van der Waals surface area contributed by atoms with Gasteiger partial charge in [-0.15, -0.1) is 0 Å². The fourth-order valence-electron chi connectivity index (χ4n) is 2.44. The molecule has 2 aromatic rings. The molecule has 0 bridgehead atoms. The van der Waals surface area contributed by atoms with E-state index >= 15 is 0 Å². The third-order valence-corrected chi connectivity index (χ3v) is 4.14. The highest BCUT2D eigenvalue weighted by Gasteiger charge is 2.41. The maximum absolute atomic E-state index is 12.6. The van der Waals surface area contributed by atoms with Gasteiger partial charge in [-0.3, -0.25) is 4.79 Å². The average Bonchev–Trinajstić information content (AvgIpc) is 2.83. The number of rotatable bonds is 2. The minimum Gasteiger partial charge on any atom is -0.369 e. The Morgan fingerprint density at radius 3 is 2.17 bits per heavy atom. The molecule has 1 atom stereocenters. The van der Waals surface area contributed by atoms with Crippen LogP contribution in [-0.2, 0) is 0 Å². The second-order valence-electron chi connectivity index (χ2n) is 5.57. The largest absolute Gasteiger partial charge is 0.369 e. The van der Waals surface area contributed by atoms with E-state index in [0.717, 1.165) is 10.6 Å². The third kappa shape index (κ3) is 3.24. The highest BCUT2D eigenvalue weighted by molar-refractivity contribution is 6.31. The molecule has 2 aromatic carbocycles. The molecular weight excluding hydrogens is 335 g/mol. The van der Waals surface area contributed by atoms with E-state index in [4.69, 9.17) is 23.2 Å². The van der Waals surface area contributed by atoms with Crippen molar-refractivity contribution >= 4 is 34.8 Å². The van der Waals surface area contributed by atoms with Gasteiger partial charge in [-0.05, 0) is 48.9 Å². The van der Waals surface area contributed by atoms with Gasteiger partial charge in [0.25, 0.3) is 5.91 Å². The lowest BCUT2D eigenvalue weighted by Crippen LogP contribution is -2.43. The van der Waals surface area contributed by atoms with E-state index in [1.807, 2.05) is 12.1 Å². The molecule has 1 amide bonds. The number of hydrazone groups is 1. The van der Waals surface area contributed by atoms with Crippen LogP contribution in [0.15, 0.2) is 53.6 Å². The molecule has 0 spiro atoms. The number of hydrogen-bond donors (Lipinski definition) is 1. The van der Waals surface area contributed by atoms with Gasteiger partial charge in [0, 0.05) is 22.0 Å². The first-order valence-corrected chi connectivity index (χ1v) is 7.78. The molecule has 0 fully saturated rings. The van der Waals surface area contributed by atoms with E-state index in [-0.39, 0.29) is 12.3 Å². The first-order valence-electron chi connectivity index (χ1n) is 7.03. The van der Waals surface area contributed by atoms with Crippen LogP contribution in [-0.4, -0.2) is 27.5 Å². The molecule has 3 rings (SSSR count). The number of nitrogens with zero attached hydrogens (tertiary/aromatic N) is 2. The number of aliphatic hydroxyl groups is 1. The van der Waals surface area contributed by atoms with Gasteiger partial charge >= 0.3 is 0 Å². The number of halogens is 2. The highest BCUT2D eigenvalue weighted by Crippen LogP contribution is 2.29. The van der Waals surface area contributed by atoms with E-state index in [1.54, 1.807) is 43.3 Å². The fraction of sp³-hybridized carbons (Fsp3) is 0.176. The zero-order chi connectivity index (χ0) is 16.6. The van der Waals surface area contributed by atoms with Crippen LogP contribution in [0.3, 0.4) is 0 Å². The van der Waals surface area contributed by atoms with Crippen molar-refractivity contribution in [2.24, 2.45) is 5.10 Å². The molecule has 118 valence electrons. The van der Waals surface area contributed by atoms with Gasteiger partial charge in [0.1, 0.15) is 0 Å². The molecule has 0 saturated carbocycles. The van der Waals surface area contributed by atoms with E-state index < -0.39 is 5.72 Å². The number of benzene rings is 2. The molecule has 1 aliphatic heterocycles. The minimum atomic E-state index is -1.38. The van der Waals surface area contributed by atoms with Crippen molar-refractivity contribution in [2.75, 3.05) is 0 Å². The predicted molar refractivity (Wildman–Crippen MR) is 90.9 cm³/mol. The zero-order valence-corrected chi connectivity index (χ0v) is 13.8. The van der Waals surface area contributed by atoms with Gasteiger partial charge in [-0.2, -0.15) is 10.1 Å². The first-order chi connectivity index (χ1) is 10.9. The molecule has 1 aliphatic rings. The monoisotopic (exact) mass is 348 g/mol. The summed E-state index contributed by atoms with van der Waals surface area (Å²) in [6.07, 6.45) is 0.244. The Balaban J connectivity index is 1.92. The van der Waals surface area contributed by atoms with Gasteiger partial charge in [0.15, 0.2) is 5.72 Å². The van der Waals surface area contributed by atoms with Crippen molar-refractivity contribution in [1.29, 1.82) is 0 Å². The quantitative estimate of drug-likeness (QED) is 0.893. The molecule has 0 aromatic heterocycles. The maximum Gasteiger partial charge on any atom is 0.276 e. The van der Waals surface area contributed by atoms with E-state index in [0.29, 0.717) is 21.3 Å². The molecule has 6 heteroatoms. The van der Waals surface area contributed by atoms with Gasteiger partial charge in [-0.25, -0.2) is 0 Å². The minimum absolute atomic E-state index is 0.244. The Morgan fingerprint density at radius 1 is 1.09 bits per heavy atom. The van der Waals surface area contributed by atoms with Crippen molar-refractivity contribution in [1.82, 2.24) is 5.01 Å². The highest BCUT2D eigenvalue weighted by atomic mass is 35.5. The Morgan fingerprint density at radius 2 is 1.61 bits per heavy atom. The second-order valence-corrected chi connectivity index (χ2v) is 6.44. The van der Waals surface area contributed by atoms with Crippen LogP contribution in [0.5, 0.6) is 0 Å².